The van der Waals surface area contributed by atoms with Crippen molar-refractivity contribution >= 4 is 29.3 Å². The van der Waals surface area contributed by atoms with Gasteiger partial charge in [-0.15, -0.1) is 6.42 Å². The van der Waals surface area contributed by atoms with E-state index in [1.54, 1.807) is 42.5 Å². The lowest BCUT2D eigenvalue weighted by molar-refractivity contribution is -0.111. The Morgan fingerprint density at radius 3 is 2.71 bits per heavy atom. The Morgan fingerprint density at radius 1 is 1.25 bits per heavy atom. The Labute approximate surface area is 146 Å². The minimum absolute atomic E-state index is 0.282. The topological polar surface area (TPSA) is 47.6 Å². The third-order valence-electron chi connectivity index (χ3n) is 3.18. The fourth-order valence-electron chi connectivity index (χ4n) is 2.08. The number of carbonyl (C=O) groups excluding carboxylic acids is 1. The second-order valence-corrected chi connectivity index (χ2v) is 5.19. The third-order valence-corrected chi connectivity index (χ3v) is 3.46. The van der Waals surface area contributed by atoms with Crippen LogP contribution in [0.25, 0.3) is 6.08 Å². The highest BCUT2D eigenvalue weighted by Gasteiger charge is 2.09. The molecule has 0 aliphatic carbocycles. The van der Waals surface area contributed by atoms with Gasteiger partial charge in [-0.1, -0.05) is 23.6 Å². The average Bonchev–Trinajstić information content (AvgIpc) is 2.59. The maximum atomic E-state index is 12.0. The minimum Gasteiger partial charge on any atom is -0.493 e. The standard InChI is InChI=1S/C19H16ClNO3/c1-4-13-6-5-7-15(10-13)21-18(22)9-8-14-11-16(20)19(24-3)17(12-14)23-2/h1,5-12H,2-3H3,(H,21,22)/b9-8+. The van der Waals surface area contributed by atoms with Crippen LogP contribution in [0.15, 0.2) is 42.5 Å². The SMILES string of the molecule is C#Cc1cccc(NC(=O)/C=C/c2cc(Cl)c(OC)c(OC)c2)c1. The van der Waals surface area contributed by atoms with Gasteiger partial charge < -0.3 is 14.8 Å². The number of terminal acetylenes is 1. The Balaban J connectivity index is 2.14. The molecule has 2 rings (SSSR count). The number of methoxy groups -OCH3 is 2. The second kappa shape index (κ2) is 8.09. The lowest BCUT2D eigenvalue weighted by atomic mass is 10.1. The van der Waals surface area contributed by atoms with Crippen LogP contribution in [-0.2, 0) is 4.79 Å². The molecule has 0 radical (unpaired) electrons. The van der Waals surface area contributed by atoms with Crippen LogP contribution in [-0.4, -0.2) is 20.1 Å². The summed E-state index contributed by atoms with van der Waals surface area (Å²) >= 11 is 6.13. The van der Waals surface area contributed by atoms with Crippen LogP contribution in [0, 0.1) is 12.3 Å². The molecule has 0 fully saturated rings. The van der Waals surface area contributed by atoms with Gasteiger partial charge in [0.2, 0.25) is 5.91 Å². The van der Waals surface area contributed by atoms with Gasteiger partial charge in [-0.05, 0) is 42.0 Å². The van der Waals surface area contributed by atoms with Crippen LogP contribution in [0.3, 0.4) is 0 Å². The highest BCUT2D eigenvalue weighted by molar-refractivity contribution is 6.32. The van der Waals surface area contributed by atoms with Crippen molar-refractivity contribution in [2.45, 2.75) is 0 Å². The number of rotatable bonds is 5. The van der Waals surface area contributed by atoms with E-state index < -0.39 is 0 Å². The van der Waals surface area contributed by atoms with E-state index in [0.717, 1.165) is 0 Å². The van der Waals surface area contributed by atoms with Crippen molar-refractivity contribution in [3.8, 4) is 23.8 Å². The summed E-state index contributed by atoms with van der Waals surface area (Å²) < 4.78 is 10.4. The van der Waals surface area contributed by atoms with Gasteiger partial charge in [0.05, 0.1) is 19.2 Å². The van der Waals surface area contributed by atoms with E-state index in [-0.39, 0.29) is 5.91 Å². The second-order valence-electron chi connectivity index (χ2n) is 4.79. The summed E-state index contributed by atoms with van der Waals surface area (Å²) in [7, 11) is 3.03. The monoisotopic (exact) mass is 341 g/mol. The summed E-state index contributed by atoms with van der Waals surface area (Å²) in [4.78, 5) is 12.0. The molecule has 0 unspecified atom stereocenters. The first-order valence-electron chi connectivity index (χ1n) is 7.04. The normalized spacial score (nSPS) is 10.2. The van der Waals surface area contributed by atoms with Gasteiger partial charge in [-0.3, -0.25) is 4.79 Å². The van der Waals surface area contributed by atoms with E-state index in [0.29, 0.717) is 33.3 Å². The number of nitrogens with one attached hydrogen (secondary N) is 1. The summed E-state index contributed by atoms with van der Waals surface area (Å²) in [5.74, 6) is 3.18. The Hall–Kier alpha value is -2.90. The zero-order chi connectivity index (χ0) is 17.5. The first-order valence-corrected chi connectivity index (χ1v) is 7.42. The summed E-state index contributed by atoms with van der Waals surface area (Å²) in [6.45, 7) is 0. The smallest absolute Gasteiger partial charge is 0.248 e. The van der Waals surface area contributed by atoms with Crippen molar-refractivity contribution in [1.29, 1.82) is 0 Å². The van der Waals surface area contributed by atoms with Gasteiger partial charge in [0, 0.05) is 17.3 Å². The molecule has 122 valence electrons. The van der Waals surface area contributed by atoms with E-state index in [4.69, 9.17) is 27.5 Å². The number of anilines is 1. The van der Waals surface area contributed by atoms with Gasteiger partial charge in [0.15, 0.2) is 11.5 Å². The molecule has 0 aliphatic heterocycles. The summed E-state index contributed by atoms with van der Waals surface area (Å²) in [5, 5.41) is 3.14. The molecule has 0 heterocycles. The zero-order valence-corrected chi connectivity index (χ0v) is 14.1. The minimum atomic E-state index is -0.282. The molecule has 0 atom stereocenters. The van der Waals surface area contributed by atoms with E-state index in [9.17, 15) is 4.79 Å². The molecule has 2 aromatic rings. The fraction of sp³-hybridized carbons (Fsp3) is 0.105. The molecular formula is C19H16ClNO3. The van der Waals surface area contributed by atoms with Crippen molar-refractivity contribution in [3.63, 3.8) is 0 Å². The van der Waals surface area contributed by atoms with E-state index in [2.05, 4.69) is 11.2 Å². The van der Waals surface area contributed by atoms with E-state index in [1.165, 1.54) is 20.3 Å². The van der Waals surface area contributed by atoms with E-state index >= 15 is 0 Å². The van der Waals surface area contributed by atoms with Crippen LogP contribution in [0.2, 0.25) is 5.02 Å². The molecule has 4 nitrogen and oxygen atoms in total. The van der Waals surface area contributed by atoms with Gasteiger partial charge in [-0.25, -0.2) is 0 Å². The number of benzene rings is 2. The fourth-order valence-corrected chi connectivity index (χ4v) is 2.37. The zero-order valence-electron chi connectivity index (χ0n) is 13.3. The Kier molecular flexibility index (Phi) is 5.89. The molecule has 0 saturated heterocycles. The van der Waals surface area contributed by atoms with Gasteiger partial charge in [0.1, 0.15) is 0 Å². The van der Waals surface area contributed by atoms with Gasteiger partial charge >= 0.3 is 0 Å². The van der Waals surface area contributed by atoms with Crippen molar-refractivity contribution < 1.29 is 14.3 Å². The first-order chi connectivity index (χ1) is 11.6. The molecule has 1 amide bonds. The summed E-state index contributed by atoms with van der Waals surface area (Å²) in [6.07, 6.45) is 8.37. The summed E-state index contributed by atoms with van der Waals surface area (Å²) in [6, 6.07) is 10.5. The molecule has 1 N–H and O–H groups in total. The molecule has 24 heavy (non-hydrogen) atoms. The maximum absolute atomic E-state index is 12.0. The van der Waals surface area contributed by atoms with Crippen LogP contribution in [0.5, 0.6) is 11.5 Å². The van der Waals surface area contributed by atoms with E-state index in [1.807, 2.05) is 0 Å². The highest BCUT2D eigenvalue weighted by Crippen LogP contribution is 2.36. The van der Waals surface area contributed by atoms with Crippen molar-refractivity contribution in [1.82, 2.24) is 0 Å². The third kappa shape index (κ3) is 4.31. The maximum Gasteiger partial charge on any atom is 0.248 e. The van der Waals surface area contributed by atoms with Crippen molar-refractivity contribution in [3.05, 3.63) is 58.6 Å². The average molecular weight is 342 g/mol. The molecule has 0 aromatic heterocycles. The Morgan fingerprint density at radius 2 is 2.04 bits per heavy atom. The molecule has 0 spiro atoms. The first kappa shape index (κ1) is 17.5. The van der Waals surface area contributed by atoms with Gasteiger partial charge in [0.25, 0.3) is 0 Å². The van der Waals surface area contributed by atoms with Crippen LogP contribution >= 0.6 is 11.6 Å². The van der Waals surface area contributed by atoms with Crippen LogP contribution < -0.4 is 14.8 Å². The van der Waals surface area contributed by atoms with Gasteiger partial charge in [-0.2, -0.15) is 0 Å². The largest absolute Gasteiger partial charge is 0.493 e. The van der Waals surface area contributed by atoms with Crippen LogP contribution in [0.1, 0.15) is 11.1 Å². The Bertz CT molecular complexity index is 822. The number of hydrogen-bond donors (Lipinski definition) is 1. The number of hydrogen-bond acceptors (Lipinski definition) is 3. The number of amides is 1. The molecule has 0 saturated carbocycles. The van der Waals surface area contributed by atoms with Crippen molar-refractivity contribution in [2.75, 3.05) is 19.5 Å². The molecule has 0 bridgehead atoms. The predicted molar refractivity (Wildman–Crippen MR) is 96.6 cm³/mol. The quantitative estimate of drug-likeness (QED) is 0.660. The number of halogens is 1. The van der Waals surface area contributed by atoms with Crippen molar-refractivity contribution in [2.24, 2.45) is 0 Å². The lowest BCUT2D eigenvalue weighted by Gasteiger charge is -2.10. The predicted octanol–water partition coefficient (Wildman–Crippen LogP) is 3.99. The van der Waals surface area contributed by atoms with Crippen LogP contribution in [0.4, 0.5) is 5.69 Å². The molecular weight excluding hydrogens is 326 g/mol. The summed E-state index contributed by atoms with van der Waals surface area (Å²) in [5.41, 5.74) is 2.04. The lowest BCUT2D eigenvalue weighted by Crippen LogP contribution is -2.07. The number of carbonyl (C=O) groups is 1. The highest BCUT2D eigenvalue weighted by atomic mass is 35.5. The molecule has 0 aliphatic rings. The molecule has 2 aromatic carbocycles. The molecule has 5 heteroatoms. The number of ether oxygens (including phenoxy) is 2.